The Kier molecular flexibility index (Phi) is 6.05. The Balaban J connectivity index is 1.21. The quantitative estimate of drug-likeness (QED) is 0.517. The van der Waals surface area contributed by atoms with Crippen molar-refractivity contribution in [2.75, 3.05) is 18.4 Å². The van der Waals surface area contributed by atoms with E-state index in [0.29, 0.717) is 42.9 Å². The summed E-state index contributed by atoms with van der Waals surface area (Å²) in [6.07, 6.45) is 1.30. The van der Waals surface area contributed by atoms with Crippen molar-refractivity contribution in [3.63, 3.8) is 0 Å². The van der Waals surface area contributed by atoms with E-state index in [1.54, 1.807) is 28.5 Å². The largest absolute Gasteiger partial charge is 0.457 e. The summed E-state index contributed by atoms with van der Waals surface area (Å²) < 4.78 is 19.1. The molecule has 0 spiro atoms. The van der Waals surface area contributed by atoms with Gasteiger partial charge in [0.15, 0.2) is 0 Å². The second-order valence-electron chi connectivity index (χ2n) is 8.14. The van der Waals surface area contributed by atoms with Crippen LogP contribution in [0.1, 0.15) is 60.5 Å². The van der Waals surface area contributed by atoms with Gasteiger partial charge in [-0.15, -0.1) is 11.3 Å². The molecule has 0 bridgehead atoms. The second kappa shape index (κ2) is 9.15. The van der Waals surface area contributed by atoms with E-state index >= 15 is 0 Å². The molecular formula is C24H19ClFN3O4S. The lowest BCUT2D eigenvalue weighted by molar-refractivity contribution is 0.0534. The molecule has 1 aromatic heterocycles. The van der Waals surface area contributed by atoms with Gasteiger partial charge in [-0.3, -0.25) is 9.59 Å². The fourth-order valence-corrected chi connectivity index (χ4v) is 5.37. The molecule has 1 N–H and O–H groups in total. The molecule has 1 fully saturated rings. The van der Waals surface area contributed by atoms with Gasteiger partial charge >= 0.3 is 5.97 Å². The molecule has 5 rings (SSSR count). The Morgan fingerprint density at radius 3 is 2.76 bits per heavy atom. The van der Waals surface area contributed by atoms with Crippen LogP contribution in [-0.4, -0.2) is 40.8 Å². The van der Waals surface area contributed by atoms with E-state index in [-0.39, 0.29) is 29.0 Å². The fourth-order valence-electron chi connectivity index (χ4n) is 4.16. The van der Waals surface area contributed by atoms with Crippen molar-refractivity contribution in [3.8, 4) is 0 Å². The number of amides is 2. The van der Waals surface area contributed by atoms with Gasteiger partial charge in [0.25, 0.3) is 11.8 Å². The van der Waals surface area contributed by atoms with Crippen molar-refractivity contribution in [2.24, 2.45) is 0 Å². The van der Waals surface area contributed by atoms with Crippen LogP contribution in [0.25, 0.3) is 0 Å². The van der Waals surface area contributed by atoms with Gasteiger partial charge in [0.2, 0.25) is 0 Å². The van der Waals surface area contributed by atoms with Crippen molar-refractivity contribution < 1.29 is 23.5 Å². The highest BCUT2D eigenvalue weighted by Crippen LogP contribution is 2.32. The van der Waals surface area contributed by atoms with E-state index in [2.05, 4.69) is 10.3 Å². The van der Waals surface area contributed by atoms with Gasteiger partial charge in [0, 0.05) is 35.6 Å². The van der Waals surface area contributed by atoms with Crippen LogP contribution in [-0.2, 0) is 11.3 Å². The van der Waals surface area contributed by atoms with Crippen molar-refractivity contribution in [1.29, 1.82) is 0 Å². The number of thiazole rings is 1. The first kappa shape index (κ1) is 22.5. The number of hydrogen-bond acceptors (Lipinski definition) is 6. The lowest BCUT2D eigenvalue weighted by Crippen LogP contribution is -2.38. The summed E-state index contributed by atoms with van der Waals surface area (Å²) in [6, 6.07) is 9.27. The van der Waals surface area contributed by atoms with Gasteiger partial charge in [-0.25, -0.2) is 14.2 Å². The van der Waals surface area contributed by atoms with Crippen LogP contribution in [0.4, 0.5) is 10.1 Å². The molecule has 0 radical (unpaired) electrons. The summed E-state index contributed by atoms with van der Waals surface area (Å²) in [5.74, 6) is -1.71. The number of rotatable bonds is 4. The van der Waals surface area contributed by atoms with E-state index in [1.807, 2.05) is 0 Å². The second-order valence-corrected chi connectivity index (χ2v) is 9.43. The monoisotopic (exact) mass is 499 g/mol. The van der Waals surface area contributed by atoms with Crippen molar-refractivity contribution in [2.45, 2.75) is 25.4 Å². The third-order valence-electron chi connectivity index (χ3n) is 6.01. The summed E-state index contributed by atoms with van der Waals surface area (Å²) in [5.41, 5.74) is 1.93. The summed E-state index contributed by atoms with van der Waals surface area (Å²) in [4.78, 5) is 43.3. The zero-order valence-corrected chi connectivity index (χ0v) is 19.4. The van der Waals surface area contributed by atoms with Crippen LogP contribution in [0.3, 0.4) is 0 Å². The smallest absolute Gasteiger partial charge is 0.338 e. The van der Waals surface area contributed by atoms with Gasteiger partial charge in [0.1, 0.15) is 18.1 Å². The average Bonchev–Trinajstić information content (AvgIpc) is 3.47. The van der Waals surface area contributed by atoms with Gasteiger partial charge in [-0.2, -0.15) is 0 Å². The highest BCUT2D eigenvalue weighted by Gasteiger charge is 2.29. The Labute approximate surface area is 203 Å². The maximum atomic E-state index is 14.1. The average molecular weight is 500 g/mol. The standard InChI is InChI=1S/C24H19ClFN3O4S/c25-17-2-1-3-18(26)20(17)23(31)29-8-6-13(7-9-29)22-28-19(12-34-22)21(30)27-15-5-4-14-11-33-24(32)16(14)10-15/h1-5,10,12-13H,6-9,11H2,(H,27,30). The molecule has 7 nitrogen and oxygen atoms in total. The SMILES string of the molecule is O=C(Nc1ccc2c(c1)C(=O)OC2)c1csc(C2CCN(C(=O)c3c(F)cccc3Cl)CC2)n1. The number of ether oxygens (including phenoxy) is 1. The summed E-state index contributed by atoms with van der Waals surface area (Å²) in [5, 5.41) is 5.39. The lowest BCUT2D eigenvalue weighted by atomic mass is 9.97. The minimum Gasteiger partial charge on any atom is -0.457 e. The molecule has 2 aliphatic rings. The van der Waals surface area contributed by atoms with Gasteiger partial charge < -0.3 is 15.0 Å². The summed E-state index contributed by atoms with van der Waals surface area (Å²) in [6.45, 7) is 1.14. The first-order chi connectivity index (χ1) is 16.4. The predicted molar refractivity (Wildman–Crippen MR) is 125 cm³/mol. The van der Waals surface area contributed by atoms with E-state index in [9.17, 15) is 18.8 Å². The number of carbonyl (C=O) groups excluding carboxylic acids is 3. The Hall–Kier alpha value is -3.30. The number of nitrogens with zero attached hydrogens (tertiary/aromatic N) is 2. The maximum Gasteiger partial charge on any atom is 0.338 e. The summed E-state index contributed by atoms with van der Waals surface area (Å²) >= 11 is 7.43. The Bertz CT molecular complexity index is 1280. The minimum absolute atomic E-state index is 0.0986. The molecule has 0 aliphatic carbocycles. The van der Waals surface area contributed by atoms with Crippen LogP contribution in [0, 0.1) is 5.82 Å². The molecule has 0 saturated carbocycles. The number of anilines is 1. The fraction of sp³-hybridized carbons (Fsp3) is 0.250. The van der Waals surface area contributed by atoms with Gasteiger partial charge in [-0.1, -0.05) is 23.7 Å². The van der Waals surface area contributed by atoms with E-state index < -0.39 is 17.7 Å². The number of benzene rings is 2. The molecule has 0 unspecified atom stereocenters. The number of halogens is 2. The number of aromatic nitrogens is 1. The molecule has 3 aromatic rings. The van der Waals surface area contributed by atoms with Crippen molar-refractivity contribution >= 4 is 46.4 Å². The van der Waals surface area contributed by atoms with Crippen molar-refractivity contribution in [1.82, 2.24) is 9.88 Å². The minimum atomic E-state index is -0.629. The molecule has 174 valence electrons. The Morgan fingerprint density at radius 1 is 1.21 bits per heavy atom. The lowest BCUT2D eigenvalue weighted by Gasteiger charge is -2.31. The first-order valence-corrected chi connectivity index (χ1v) is 12.0. The zero-order chi connectivity index (χ0) is 23.8. The van der Waals surface area contributed by atoms with E-state index in [0.717, 1.165) is 10.6 Å². The molecule has 2 aliphatic heterocycles. The molecule has 1 saturated heterocycles. The molecule has 10 heteroatoms. The molecule has 3 heterocycles. The molecule has 2 aromatic carbocycles. The number of likely N-dealkylation sites (tertiary alicyclic amines) is 1. The number of fused-ring (bicyclic) bond motifs is 1. The zero-order valence-electron chi connectivity index (χ0n) is 17.8. The van der Waals surface area contributed by atoms with Crippen LogP contribution >= 0.6 is 22.9 Å². The van der Waals surface area contributed by atoms with Crippen LogP contribution in [0.5, 0.6) is 0 Å². The molecule has 34 heavy (non-hydrogen) atoms. The van der Waals surface area contributed by atoms with Crippen LogP contribution in [0.2, 0.25) is 5.02 Å². The maximum absolute atomic E-state index is 14.1. The van der Waals surface area contributed by atoms with E-state index in [1.165, 1.54) is 29.5 Å². The highest BCUT2D eigenvalue weighted by molar-refractivity contribution is 7.10. The van der Waals surface area contributed by atoms with Crippen LogP contribution in [0.15, 0.2) is 41.8 Å². The third-order valence-corrected chi connectivity index (χ3v) is 7.33. The van der Waals surface area contributed by atoms with Crippen molar-refractivity contribution in [3.05, 3.63) is 80.0 Å². The molecular weight excluding hydrogens is 481 g/mol. The normalized spacial score (nSPS) is 15.7. The number of piperidine rings is 1. The number of nitrogens with one attached hydrogen (secondary N) is 1. The van der Waals surface area contributed by atoms with Gasteiger partial charge in [-0.05, 0) is 37.1 Å². The van der Waals surface area contributed by atoms with E-state index in [4.69, 9.17) is 16.3 Å². The Morgan fingerprint density at radius 2 is 2.00 bits per heavy atom. The number of esters is 1. The number of carbonyl (C=O) groups is 3. The predicted octanol–water partition coefficient (Wildman–Crippen LogP) is 4.88. The number of hydrogen-bond donors (Lipinski definition) is 1. The van der Waals surface area contributed by atoms with Gasteiger partial charge in [0.05, 0.1) is 21.2 Å². The first-order valence-electron chi connectivity index (χ1n) is 10.7. The summed E-state index contributed by atoms with van der Waals surface area (Å²) in [7, 11) is 0. The highest BCUT2D eigenvalue weighted by atomic mass is 35.5. The molecule has 0 atom stereocenters. The topological polar surface area (TPSA) is 88.6 Å². The third kappa shape index (κ3) is 4.28. The number of cyclic esters (lactones) is 1. The van der Waals surface area contributed by atoms with Crippen LogP contribution < -0.4 is 5.32 Å². The molecule has 2 amide bonds.